The maximum absolute atomic E-state index is 10.1. The minimum atomic E-state index is 0.0833. The summed E-state index contributed by atoms with van der Waals surface area (Å²) in [6, 6.07) is 22.6. The molecule has 0 aliphatic carbocycles. The number of rotatable bonds is 7. The molecule has 0 aliphatic heterocycles. The van der Waals surface area contributed by atoms with Crippen molar-refractivity contribution in [3.05, 3.63) is 144 Å². The number of hydrogen-bond acceptors (Lipinski definition) is 2. The van der Waals surface area contributed by atoms with Crippen molar-refractivity contribution >= 4 is 77.8 Å². The number of carbonyl (C=O) groups is 1. The van der Waals surface area contributed by atoms with Gasteiger partial charge in [-0.1, -0.05) is 90.0 Å². The predicted octanol–water partition coefficient (Wildman–Crippen LogP) is 10.2. The summed E-state index contributed by atoms with van der Waals surface area (Å²) in [6.07, 6.45) is 7.57. The molecule has 0 saturated heterocycles. The molecular weight excluding hydrogens is 733 g/mol. The standard InChI is InChI=1S/C11H9Br2N.C10H9NO.C7H4IN.C3H6O/c1-14-10-6-2-4-9(8-10)5-3-7-11(12)13;1-11-10-6-2-4-9(8-10)5-3-7-12;1-9-7-4-2-3-6(8)5-7;1-2-3-4/h2,4,6-8H,3,5H2;2,4,6-8H,3,5H2;2-5H;2,4H,1,3H2. The Bertz CT molecular complexity index is 1320. The van der Waals surface area contributed by atoms with E-state index in [0.717, 1.165) is 38.1 Å². The number of benzene rings is 3. The Hall–Kier alpha value is -3.07. The molecule has 0 atom stereocenters. The Kier molecular flexibility index (Phi) is 22.1. The second kappa shape index (κ2) is 24.0. The molecule has 0 heterocycles. The summed E-state index contributed by atoms with van der Waals surface area (Å²) in [7, 11) is 0. The molecule has 3 aromatic rings. The predicted molar refractivity (Wildman–Crippen MR) is 177 cm³/mol. The van der Waals surface area contributed by atoms with Crippen LogP contribution in [-0.2, 0) is 17.6 Å². The van der Waals surface area contributed by atoms with Gasteiger partial charge in [0.15, 0.2) is 17.1 Å². The van der Waals surface area contributed by atoms with Gasteiger partial charge < -0.3 is 9.90 Å². The van der Waals surface area contributed by atoms with E-state index in [1.807, 2.05) is 60.7 Å². The number of aryl methyl sites for hydroxylation is 2. The molecule has 0 bridgehead atoms. The minimum absolute atomic E-state index is 0.0833. The van der Waals surface area contributed by atoms with Crippen molar-refractivity contribution < 1.29 is 9.90 Å². The highest BCUT2D eigenvalue weighted by atomic mass is 127. The number of nitrogens with zero attached hydrogens (tertiary/aromatic N) is 3. The van der Waals surface area contributed by atoms with Crippen molar-refractivity contribution in [3.8, 4) is 0 Å². The van der Waals surface area contributed by atoms with Gasteiger partial charge in [-0.25, -0.2) is 14.5 Å². The van der Waals surface area contributed by atoms with E-state index in [2.05, 4.69) is 81.6 Å². The van der Waals surface area contributed by atoms with Gasteiger partial charge in [0.05, 0.1) is 29.7 Å². The van der Waals surface area contributed by atoms with E-state index in [0.29, 0.717) is 23.5 Å². The van der Waals surface area contributed by atoms with E-state index in [4.69, 9.17) is 24.8 Å². The van der Waals surface area contributed by atoms with Crippen LogP contribution in [0.1, 0.15) is 24.0 Å². The third-order valence-corrected chi connectivity index (χ3v) is 5.75. The molecule has 3 aromatic carbocycles. The Morgan fingerprint density at radius 2 is 1.26 bits per heavy atom. The molecule has 5 nitrogen and oxygen atoms in total. The number of allylic oxidation sites excluding steroid dienone is 1. The summed E-state index contributed by atoms with van der Waals surface area (Å²) >= 11 is 8.80. The van der Waals surface area contributed by atoms with Crippen molar-refractivity contribution in [2.45, 2.75) is 25.7 Å². The van der Waals surface area contributed by atoms with E-state index in [1.165, 1.54) is 11.6 Å². The van der Waals surface area contributed by atoms with Crippen LogP contribution < -0.4 is 0 Å². The topological polar surface area (TPSA) is 50.4 Å². The van der Waals surface area contributed by atoms with Crippen molar-refractivity contribution in [2.75, 3.05) is 6.61 Å². The summed E-state index contributed by atoms with van der Waals surface area (Å²) < 4.78 is 2.09. The smallest absolute Gasteiger partial charge is 0.188 e. The van der Waals surface area contributed by atoms with Crippen LogP contribution in [0.2, 0.25) is 0 Å². The lowest BCUT2D eigenvalue weighted by molar-refractivity contribution is -0.107. The highest BCUT2D eigenvalue weighted by Gasteiger charge is 1.95. The lowest BCUT2D eigenvalue weighted by Crippen LogP contribution is -1.84. The van der Waals surface area contributed by atoms with Gasteiger partial charge in [0.25, 0.3) is 0 Å². The molecule has 0 radical (unpaired) electrons. The highest BCUT2D eigenvalue weighted by Crippen LogP contribution is 2.18. The Labute approximate surface area is 262 Å². The zero-order valence-corrected chi connectivity index (χ0v) is 26.6. The van der Waals surface area contributed by atoms with Gasteiger partial charge in [0, 0.05) is 9.99 Å². The summed E-state index contributed by atoms with van der Waals surface area (Å²) in [5.74, 6) is 0. The molecule has 0 amide bonds. The third kappa shape index (κ3) is 19.6. The van der Waals surface area contributed by atoms with Gasteiger partial charge in [-0.2, -0.15) is 0 Å². The van der Waals surface area contributed by atoms with Crippen molar-refractivity contribution in [1.29, 1.82) is 0 Å². The van der Waals surface area contributed by atoms with Crippen LogP contribution in [-0.4, -0.2) is 18.0 Å². The fraction of sp³-hybridized carbons (Fsp3) is 0.161. The second-order valence-corrected chi connectivity index (χ2v) is 11.4. The first kappa shape index (κ1) is 35.9. The van der Waals surface area contributed by atoms with Crippen LogP contribution in [0.25, 0.3) is 14.5 Å². The summed E-state index contributed by atoms with van der Waals surface area (Å²) in [5.41, 5.74) is 4.32. The average molecular weight is 761 g/mol. The number of aliphatic hydroxyl groups is 1. The minimum Gasteiger partial charge on any atom is -0.392 e. The molecule has 0 fully saturated rings. The van der Waals surface area contributed by atoms with Gasteiger partial charge in [-0.05, 0) is 79.8 Å². The van der Waals surface area contributed by atoms with Crippen LogP contribution in [0.5, 0.6) is 0 Å². The van der Waals surface area contributed by atoms with E-state index in [-0.39, 0.29) is 6.61 Å². The molecule has 0 aliphatic rings. The molecule has 0 spiro atoms. The first-order valence-electron chi connectivity index (χ1n) is 11.6. The Balaban J connectivity index is 0.000000528. The zero-order valence-electron chi connectivity index (χ0n) is 21.2. The fourth-order valence-electron chi connectivity index (χ4n) is 2.68. The quantitative estimate of drug-likeness (QED) is 0.113. The van der Waals surface area contributed by atoms with Crippen molar-refractivity contribution in [3.63, 3.8) is 0 Å². The van der Waals surface area contributed by atoms with Crippen LogP contribution in [0.4, 0.5) is 17.1 Å². The summed E-state index contributed by atoms with van der Waals surface area (Å²) in [5, 5.41) is 7.76. The van der Waals surface area contributed by atoms with Crippen LogP contribution in [0.15, 0.2) is 94.9 Å². The summed E-state index contributed by atoms with van der Waals surface area (Å²) in [4.78, 5) is 20.0. The van der Waals surface area contributed by atoms with Crippen molar-refractivity contribution in [2.24, 2.45) is 0 Å². The lowest BCUT2D eigenvalue weighted by atomic mass is 10.1. The largest absolute Gasteiger partial charge is 0.392 e. The number of carbonyl (C=O) groups excluding carboxylic acids is 1. The van der Waals surface area contributed by atoms with Gasteiger partial charge in [0.1, 0.15) is 6.29 Å². The molecule has 8 heteroatoms. The molecule has 0 unspecified atom stereocenters. The Morgan fingerprint density at radius 3 is 1.62 bits per heavy atom. The fourth-order valence-corrected chi connectivity index (χ4v) is 3.67. The first-order chi connectivity index (χ1) is 18.8. The van der Waals surface area contributed by atoms with E-state index in [1.54, 1.807) is 12.1 Å². The van der Waals surface area contributed by atoms with Crippen LogP contribution in [0, 0.1) is 23.3 Å². The van der Waals surface area contributed by atoms with Gasteiger partial charge in [-0.15, -0.1) is 6.58 Å². The Morgan fingerprint density at radius 1 is 0.821 bits per heavy atom. The highest BCUT2D eigenvalue weighted by molar-refractivity contribution is 14.1. The normalized spacial score (nSPS) is 8.64. The van der Waals surface area contributed by atoms with E-state index >= 15 is 0 Å². The zero-order chi connectivity index (χ0) is 29.3. The SMILES string of the molecule is C=CCO.[C-]#[N+]c1cccc(CCC=C(Br)Br)c1.[C-]#[N+]c1cccc(CCC=O)c1.[C-]#[N+]c1cccc(I)c1. The summed E-state index contributed by atoms with van der Waals surface area (Å²) in [6.45, 7) is 23.6. The van der Waals surface area contributed by atoms with E-state index < -0.39 is 0 Å². The molecule has 200 valence electrons. The molecule has 3 rings (SSSR count). The maximum Gasteiger partial charge on any atom is 0.188 e. The van der Waals surface area contributed by atoms with Gasteiger partial charge in [0.2, 0.25) is 0 Å². The molecule has 0 saturated carbocycles. The first-order valence-corrected chi connectivity index (χ1v) is 14.2. The monoisotopic (exact) mass is 759 g/mol. The van der Waals surface area contributed by atoms with Gasteiger partial charge >= 0.3 is 0 Å². The lowest BCUT2D eigenvalue weighted by Gasteiger charge is -1.98. The van der Waals surface area contributed by atoms with Gasteiger partial charge in [-0.3, -0.25) is 0 Å². The number of aliphatic hydroxyl groups excluding tert-OH is 1. The molecule has 1 N–H and O–H groups in total. The van der Waals surface area contributed by atoms with Crippen LogP contribution >= 0.6 is 54.5 Å². The van der Waals surface area contributed by atoms with E-state index in [9.17, 15) is 4.79 Å². The second-order valence-electron chi connectivity index (χ2n) is 7.36. The molecule has 0 aromatic heterocycles. The molecule has 39 heavy (non-hydrogen) atoms. The van der Waals surface area contributed by atoms with Crippen molar-refractivity contribution in [1.82, 2.24) is 0 Å². The number of halogens is 3. The molecular formula is C31H28Br2IN3O2. The average Bonchev–Trinajstić information content (AvgIpc) is 2.97. The van der Waals surface area contributed by atoms with Crippen LogP contribution in [0.3, 0.4) is 0 Å². The maximum atomic E-state index is 10.1. The third-order valence-electron chi connectivity index (χ3n) is 4.43. The number of hydrogen-bond donors (Lipinski definition) is 1. The number of aldehydes is 1.